The lowest BCUT2D eigenvalue weighted by Gasteiger charge is -2.13. The molecule has 0 radical (unpaired) electrons. The lowest BCUT2D eigenvalue weighted by molar-refractivity contribution is 0.0950. The van der Waals surface area contributed by atoms with E-state index in [4.69, 9.17) is 4.74 Å². The highest BCUT2D eigenvalue weighted by atomic mass is 16.5. The average Bonchev–Trinajstić information content (AvgIpc) is 2.82. The number of carbonyl (C=O) groups is 1. The normalized spacial score (nSPS) is 10.8. The van der Waals surface area contributed by atoms with Crippen LogP contribution in [0.2, 0.25) is 0 Å². The molecule has 0 aliphatic carbocycles. The van der Waals surface area contributed by atoms with Crippen LogP contribution in [0.15, 0.2) is 82.4 Å². The van der Waals surface area contributed by atoms with Gasteiger partial charge in [0.15, 0.2) is 0 Å². The lowest BCUT2D eigenvalue weighted by Crippen LogP contribution is -2.34. The predicted molar refractivity (Wildman–Crippen MR) is 123 cm³/mol. The van der Waals surface area contributed by atoms with Gasteiger partial charge < -0.3 is 15.0 Å². The van der Waals surface area contributed by atoms with E-state index in [-0.39, 0.29) is 24.6 Å². The van der Waals surface area contributed by atoms with E-state index in [0.29, 0.717) is 28.8 Å². The van der Waals surface area contributed by atoms with Crippen LogP contribution in [0.3, 0.4) is 0 Å². The summed E-state index contributed by atoms with van der Waals surface area (Å²) in [5.41, 5.74) is 1.72. The van der Waals surface area contributed by atoms with Crippen molar-refractivity contribution in [3.63, 3.8) is 0 Å². The Morgan fingerprint density at radius 1 is 1.00 bits per heavy atom. The molecular formula is C25H23N3O4. The molecule has 1 aromatic heterocycles. The third-order valence-electron chi connectivity index (χ3n) is 5.21. The number of aromatic amines is 1. The maximum Gasteiger partial charge on any atom is 0.328 e. The maximum absolute atomic E-state index is 12.7. The molecule has 2 N–H and O–H groups in total. The van der Waals surface area contributed by atoms with Gasteiger partial charge in [0.2, 0.25) is 0 Å². The second-order valence-corrected chi connectivity index (χ2v) is 7.30. The first-order valence-corrected chi connectivity index (χ1v) is 10.4. The van der Waals surface area contributed by atoms with Crippen LogP contribution in [0.1, 0.15) is 28.4 Å². The summed E-state index contributed by atoms with van der Waals surface area (Å²) in [6.07, 6.45) is 0. The molecule has 0 saturated carbocycles. The fourth-order valence-corrected chi connectivity index (χ4v) is 3.49. The Morgan fingerprint density at radius 2 is 1.75 bits per heavy atom. The van der Waals surface area contributed by atoms with E-state index in [1.54, 1.807) is 19.1 Å². The summed E-state index contributed by atoms with van der Waals surface area (Å²) in [6.45, 7) is 2.71. The quantitative estimate of drug-likeness (QED) is 0.472. The minimum absolute atomic E-state index is 0.274. The van der Waals surface area contributed by atoms with Gasteiger partial charge in [-0.3, -0.25) is 14.2 Å². The molecule has 0 bridgehead atoms. The van der Waals surface area contributed by atoms with E-state index in [9.17, 15) is 14.4 Å². The highest BCUT2D eigenvalue weighted by Gasteiger charge is 2.12. The van der Waals surface area contributed by atoms with Crippen LogP contribution in [0.25, 0.3) is 10.9 Å². The van der Waals surface area contributed by atoms with E-state index in [2.05, 4.69) is 10.3 Å². The monoisotopic (exact) mass is 429 g/mol. The van der Waals surface area contributed by atoms with Gasteiger partial charge in [-0.1, -0.05) is 48.5 Å². The number of ether oxygens (including phenoxy) is 1. The molecule has 1 amide bonds. The van der Waals surface area contributed by atoms with Gasteiger partial charge in [-0.15, -0.1) is 0 Å². The number of carbonyl (C=O) groups excluding carboxylic acids is 1. The summed E-state index contributed by atoms with van der Waals surface area (Å²) in [4.78, 5) is 39.9. The molecule has 7 nitrogen and oxygen atoms in total. The zero-order valence-electron chi connectivity index (χ0n) is 17.6. The van der Waals surface area contributed by atoms with Crippen LogP contribution in [0.5, 0.6) is 5.75 Å². The molecule has 4 rings (SSSR count). The van der Waals surface area contributed by atoms with Crippen LogP contribution in [0, 0.1) is 0 Å². The van der Waals surface area contributed by atoms with Crippen molar-refractivity contribution in [1.82, 2.24) is 14.9 Å². The second kappa shape index (κ2) is 9.34. The topological polar surface area (TPSA) is 93.2 Å². The van der Waals surface area contributed by atoms with Crippen molar-refractivity contribution >= 4 is 16.8 Å². The molecule has 162 valence electrons. The van der Waals surface area contributed by atoms with Crippen molar-refractivity contribution in [1.29, 1.82) is 0 Å². The number of H-pyrrole nitrogens is 1. The van der Waals surface area contributed by atoms with Crippen molar-refractivity contribution in [2.75, 3.05) is 0 Å². The number of hydrogen-bond acceptors (Lipinski definition) is 4. The van der Waals surface area contributed by atoms with Crippen molar-refractivity contribution in [2.24, 2.45) is 0 Å². The van der Waals surface area contributed by atoms with Gasteiger partial charge >= 0.3 is 5.69 Å². The van der Waals surface area contributed by atoms with Gasteiger partial charge in [-0.2, -0.15) is 0 Å². The number of hydrogen-bond donors (Lipinski definition) is 2. The Labute approximate surface area is 184 Å². The number of amides is 1. The predicted octanol–water partition coefficient (Wildman–Crippen LogP) is 3.22. The van der Waals surface area contributed by atoms with Crippen molar-refractivity contribution in [3.8, 4) is 5.75 Å². The van der Waals surface area contributed by atoms with E-state index in [1.165, 1.54) is 6.07 Å². The number of benzene rings is 3. The van der Waals surface area contributed by atoms with Gasteiger partial charge in [-0.25, -0.2) is 4.79 Å². The van der Waals surface area contributed by atoms with Crippen LogP contribution in [-0.4, -0.2) is 15.5 Å². The number of rotatable bonds is 7. The summed E-state index contributed by atoms with van der Waals surface area (Å²) in [5.74, 6) is 0.380. The summed E-state index contributed by atoms with van der Waals surface area (Å²) < 4.78 is 7.06. The fourth-order valence-electron chi connectivity index (χ4n) is 3.49. The van der Waals surface area contributed by atoms with Crippen molar-refractivity contribution in [3.05, 3.63) is 110 Å². The van der Waals surface area contributed by atoms with Gasteiger partial charge in [0.25, 0.3) is 11.5 Å². The van der Waals surface area contributed by atoms with E-state index >= 15 is 0 Å². The van der Waals surface area contributed by atoms with Gasteiger partial charge in [0.1, 0.15) is 12.4 Å². The SMILES string of the molecule is CCn1c(=O)[nH]c2cc(C(=O)NCc3ccccc3OCc3ccccc3)ccc2c1=O. The number of nitrogens with one attached hydrogen (secondary N) is 2. The maximum atomic E-state index is 12.7. The molecule has 1 heterocycles. The van der Waals surface area contributed by atoms with E-state index in [1.807, 2.05) is 54.6 Å². The standard InChI is InChI=1S/C25H23N3O4/c1-2-28-24(30)20-13-12-18(14-21(20)27-25(28)31)23(29)26-15-19-10-6-7-11-22(19)32-16-17-8-4-3-5-9-17/h3-14H,2,15-16H2,1H3,(H,26,29)(H,27,31). The molecule has 7 heteroatoms. The highest BCUT2D eigenvalue weighted by Crippen LogP contribution is 2.19. The molecule has 0 atom stereocenters. The summed E-state index contributed by atoms with van der Waals surface area (Å²) >= 11 is 0. The summed E-state index contributed by atoms with van der Waals surface area (Å²) in [6, 6.07) is 22.0. The largest absolute Gasteiger partial charge is 0.489 e. The van der Waals surface area contributed by atoms with E-state index in [0.717, 1.165) is 15.7 Å². The number of aromatic nitrogens is 2. The third kappa shape index (κ3) is 4.46. The molecule has 0 saturated heterocycles. The first kappa shape index (κ1) is 21.1. The van der Waals surface area contributed by atoms with Gasteiger partial charge in [-0.05, 0) is 36.8 Å². The molecule has 32 heavy (non-hydrogen) atoms. The van der Waals surface area contributed by atoms with E-state index < -0.39 is 5.69 Å². The van der Waals surface area contributed by atoms with Gasteiger partial charge in [0.05, 0.1) is 10.9 Å². The zero-order chi connectivity index (χ0) is 22.5. The third-order valence-corrected chi connectivity index (χ3v) is 5.21. The van der Waals surface area contributed by atoms with Crippen LogP contribution < -0.4 is 21.3 Å². The Morgan fingerprint density at radius 3 is 2.53 bits per heavy atom. The molecular weight excluding hydrogens is 406 g/mol. The Balaban J connectivity index is 1.49. The first-order chi connectivity index (χ1) is 15.6. The minimum atomic E-state index is -0.493. The average molecular weight is 429 g/mol. The molecule has 4 aromatic rings. The lowest BCUT2D eigenvalue weighted by atomic mass is 10.1. The highest BCUT2D eigenvalue weighted by molar-refractivity contribution is 5.97. The van der Waals surface area contributed by atoms with Crippen LogP contribution in [0.4, 0.5) is 0 Å². The number of fused-ring (bicyclic) bond motifs is 1. The molecule has 0 fully saturated rings. The second-order valence-electron chi connectivity index (χ2n) is 7.30. The van der Waals surface area contributed by atoms with Crippen LogP contribution >= 0.6 is 0 Å². The smallest absolute Gasteiger partial charge is 0.328 e. The molecule has 0 spiro atoms. The Kier molecular flexibility index (Phi) is 6.17. The molecule has 0 unspecified atom stereocenters. The minimum Gasteiger partial charge on any atom is -0.489 e. The summed E-state index contributed by atoms with van der Waals surface area (Å²) in [7, 11) is 0. The number of nitrogens with zero attached hydrogens (tertiary/aromatic N) is 1. The van der Waals surface area contributed by atoms with Crippen LogP contribution in [-0.2, 0) is 19.7 Å². The van der Waals surface area contributed by atoms with Crippen molar-refractivity contribution < 1.29 is 9.53 Å². The summed E-state index contributed by atoms with van der Waals surface area (Å²) in [5, 5.41) is 3.24. The Hall–Kier alpha value is -4.13. The Bertz CT molecular complexity index is 1370. The fraction of sp³-hybridized carbons (Fsp3) is 0.160. The number of para-hydroxylation sites is 1. The first-order valence-electron chi connectivity index (χ1n) is 10.4. The van der Waals surface area contributed by atoms with Gasteiger partial charge in [0, 0.05) is 24.2 Å². The molecule has 0 aliphatic rings. The van der Waals surface area contributed by atoms with Crippen molar-refractivity contribution in [2.45, 2.75) is 26.6 Å². The zero-order valence-corrected chi connectivity index (χ0v) is 17.6. The molecule has 0 aliphatic heterocycles. The molecule has 3 aromatic carbocycles.